The Hall–Kier alpha value is -7.04. The SMILES string of the molecule is c1ccc(N(c2ccccc2)c2cccc3oc4cccc(-c5ccc6oc7c(-c8cccc9oc%10ccccc%10c89)cccc7c6c5)c4c23)cc1. The zero-order valence-electron chi connectivity index (χ0n) is 27.9. The Morgan fingerprint density at radius 2 is 0.885 bits per heavy atom. The van der Waals surface area contributed by atoms with E-state index in [1.165, 1.54) is 0 Å². The zero-order chi connectivity index (χ0) is 34.2. The van der Waals surface area contributed by atoms with E-state index in [9.17, 15) is 0 Å². The Balaban J connectivity index is 1.13. The maximum absolute atomic E-state index is 6.70. The molecule has 52 heavy (non-hydrogen) atoms. The molecule has 244 valence electrons. The van der Waals surface area contributed by atoms with Gasteiger partial charge in [-0.1, -0.05) is 109 Å². The lowest BCUT2D eigenvalue weighted by atomic mass is 9.95. The smallest absolute Gasteiger partial charge is 0.143 e. The first kappa shape index (κ1) is 28.8. The molecule has 3 heterocycles. The van der Waals surface area contributed by atoms with Crippen LogP contribution in [0.1, 0.15) is 0 Å². The number of anilines is 3. The van der Waals surface area contributed by atoms with Crippen molar-refractivity contribution in [3.05, 3.63) is 176 Å². The number of hydrogen-bond acceptors (Lipinski definition) is 4. The second kappa shape index (κ2) is 11.2. The van der Waals surface area contributed by atoms with Gasteiger partial charge in [-0.25, -0.2) is 0 Å². The maximum atomic E-state index is 6.70. The molecule has 0 unspecified atom stereocenters. The molecule has 0 fully saturated rings. The highest BCUT2D eigenvalue weighted by molar-refractivity contribution is 6.20. The molecule has 8 aromatic carbocycles. The van der Waals surface area contributed by atoms with Gasteiger partial charge in [0, 0.05) is 43.9 Å². The van der Waals surface area contributed by atoms with Gasteiger partial charge in [0.1, 0.15) is 33.5 Å². The van der Waals surface area contributed by atoms with Crippen LogP contribution in [0.15, 0.2) is 189 Å². The van der Waals surface area contributed by atoms with Gasteiger partial charge in [0.25, 0.3) is 0 Å². The molecular weight excluding hydrogens is 639 g/mol. The number of benzene rings is 8. The van der Waals surface area contributed by atoms with Crippen molar-refractivity contribution in [2.75, 3.05) is 4.90 Å². The molecule has 0 N–H and O–H groups in total. The van der Waals surface area contributed by atoms with Gasteiger partial charge >= 0.3 is 0 Å². The molecule has 0 saturated heterocycles. The average Bonchev–Trinajstić information content (AvgIpc) is 3.90. The summed E-state index contributed by atoms with van der Waals surface area (Å²) in [5.74, 6) is 0. The monoisotopic (exact) mass is 667 g/mol. The number of hydrogen-bond donors (Lipinski definition) is 0. The molecule has 0 spiro atoms. The van der Waals surface area contributed by atoms with Crippen LogP contribution < -0.4 is 4.90 Å². The van der Waals surface area contributed by atoms with Crippen molar-refractivity contribution >= 4 is 82.9 Å². The molecular formula is C48H29NO3. The molecule has 0 aliphatic carbocycles. The molecule has 0 saturated carbocycles. The third-order valence-corrected chi connectivity index (χ3v) is 10.3. The standard InChI is InChI=1S/C48H29NO3/c1-3-13-31(14-4-1)49(32-15-5-2-6-16-32)39-22-12-26-44-47(39)46-33(18-10-25-43(46)51-44)30-27-28-41-38(29-30)36-21-9-20-35(48(36)52-41)34-19-11-24-42-45(34)37-17-7-8-23-40(37)50-42/h1-29H. The topological polar surface area (TPSA) is 42.7 Å². The van der Waals surface area contributed by atoms with Crippen molar-refractivity contribution in [2.24, 2.45) is 0 Å². The largest absolute Gasteiger partial charge is 0.456 e. The van der Waals surface area contributed by atoms with Crippen LogP contribution in [0.5, 0.6) is 0 Å². The third-order valence-electron chi connectivity index (χ3n) is 10.3. The molecule has 0 amide bonds. The molecule has 4 nitrogen and oxygen atoms in total. The number of rotatable bonds is 5. The van der Waals surface area contributed by atoms with Gasteiger partial charge in [-0.2, -0.15) is 0 Å². The summed E-state index contributed by atoms with van der Waals surface area (Å²) in [5.41, 5.74) is 12.7. The molecule has 0 atom stereocenters. The Morgan fingerprint density at radius 3 is 1.67 bits per heavy atom. The van der Waals surface area contributed by atoms with Gasteiger partial charge in [0.2, 0.25) is 0 Å². The van der Waals surface area contributed by atoms with Crippen molar-refractivity contribution < 1.29 is 13.3 Å². The normalized spacial score (nSPS) is 11.8. The number of para-hydroxylation sites is 4. The van der Waals surface area contributed by atoms with Gasteiger partial charge in [-0.05, 0) is 83.4 Å². The summed E-state index contributed by atoms with van der Waals surface area (Å²) in [4.78, 5) is 2.31. The Bertz CT molecular complexity index is 3090. The van der Waals surface area contributed by atoms with Crippen LogP contribution in [-0.4, -0.2) is 0 Å². The first-order valence-electron chi connectivity index (χ1n) is 17.5. The third kappa shape index (κ3) is 4.28. The minimum absolute atomic E-state index is 0.845. The fourth-order valence-electron chi connectivity index (χ4n) is 8.03. The second-order valence-corrected chi connectivity index (χ2v) is 13.2. The minimum Gasteiger partial charge on any atom is -0.456 e. The van der Waals surface area contributed by atoms with Gasteiger partial charge in [-0.3, -0.25) is 0 Å². The van der Waals surface area contributed by atoms with E-state index in [4.69, 9.17) is 13.3 Å². The predicted molar refractivity (Wildman–Crippen MR) is 214 cm³/mol. The van der Waals surface area contributed by atoms with E-state index in [0.29, 0.717) is 0 Å². The summed E-state index contributed by atoms with van der Waals surface area (Å²) in [7, 11) is 0. The summed E-state index contributed by atoms with van der Waals surface area (Å²) < 4.78 is 19.5. The molecule has 0 radical (unpaired) electrons. The van der Waals surface area contributed by atoms with Crippen molar-refractivity contribution in [3.63, 3.8) is 0 Å². The first-order chi connectivity index (χ1) is 25.8. The van der Waals surface area contributed by atoms with Crippen LogP contribution in [0.3, 0.4) is 0 Å². The average molecular weight is 668 g/mol. The van der Waals surface area contributed by atoms with Gasteiger partial charge < -0.3 is 18.2 Å². The fourth-order valence-corrected chi connectivity index (χ4v) is 8.03. The highest BCUT2D eigenvalue weighted by Gasteiger charge is 2.22. The molecule has 3 aromatic heterocycles. The van der Waals surface area contributed by atoms with Crippen molar-refractivity contribution in [1.82, 2.24) is 0 Å². The lowest BCUT2D eigenvalue weighted by Crippen LogP contribution is -2.10. The lowest BCUT2D eigenvalue weighted by Gasteiger charge is -2.26. The second-order valence-electron chi connectivity index (χ2n) is 13.2. The van der Waals surface area contributed by atoms with Crippen molar-refractivity contribution in [2.45, 2.75) is 0 Å². The van der Waals surface area contributed by atoms with Crippen LogP contribution in [0.2, 0.25) is 0 Å². The van der Waals surface area contributed by atoms with Crippen LogP contribution >= 0.6 is 0 Å². The van der Waals surface area contributed by atoms with Crippen LogP contribution in [0.25, 0.3) is 88.1 Å². The minimum atomic E-state index is 0.845. The van der Waals surface area contributed by atoms with Crippen molar-refractivity contribution in [3.8, 4) is 22.3 Å². The quantitative estimate of drug-likeness (QED) is 0.183. The van der Waals surface area contributed by atoms with Crippen LogP contribution in [0, 0.1) is 0 Å². The van der Waals surface area contributed by atoms with E-state index >= 15 is 0 Å². The van der Waals surface area contributed by atoms with Crippen molar-refractivity contribution in [1.29, 1.82) is 0 Å². The lowest BCUT2D eigenvalue weighted by molar-refractivity contribution is 0.668. The maximum Gasteiger partial charge on any atom is 0.143 e. The van der Waals surface area contributed by atoms with E-state index in [1.807, 2.05) is 18.2 Å². The summed E-state index contributed by atoms with van der Waals surface area (Å²) in [6.45, 7) is 0. The predicted octanol–water partition coefficient (Wildman–Crippen LogP) is 14.2. The Labute approximate surface area is 298 Å². The zero-order valence-corrected chi connectivity index (χ0v) is 27.9. The van der Waals surface area contributed by atoms with Crippen LogP contribution in [-0.2, 0) is 0 Å². The summed E-state index contributed by atoms with van der Waals surface area (Å²) in [6.07, 6.45) is 0. The molecule has 0 aliphatic heterocycles. The van der Waals surface area contributed by atoms with E-state index in [1.54, 1.807) is 0 Å². The number of furan rings is 3. The fraction of sp³-hybridized carbons (Fsp3) is 0. The molecule has 0 aliphatic rings. The highest BCUT2D eigenvalue weighted by atomic mass is 16.3. The first-order valence-corrected chi connectivity index (χ1v) is 17.5. The van der Waals surface area contributed by atoms with E-state index < -0.39 is 0 Å². The number of nitrogens with zero attached hydrogens (tertiary/aromatic N) is 1. The van der Waals surface area contributed by atoms with E-state index in [-0.39, 0.29) is 0 Å². The van der Waals surface area contributed by atoms with Crippen LogP contribution in [0.4, 0.5) is 17.1 Å². The Kier molecular flexibility index (Phi) is 6.22. The Morgan fingerprint density at radius 1 is 0.327 bits per heavy atom. The van der Waals surface area contributed by atoms with Gasteiger partial charge in [0.15, 0.2) is 0 Å². The van der Waals surface area contributed by atoms with E-state index in [0.717, 1.165) is 105 Å². The molecule has 11 rings (SSSR count). The molecule has 0 bridgehead atoms. The summed E-state index contributed by atoms with van der Waals surface area (Å²) >= 11 is 0. The summed E-state index contributed by atoms with van der Waals surface area (Å²) in [6, 6.07) is 61.1. The summed E-state index contributed by atoms with van der Waals surface area (Å²) in [5, 5.41) is 6.49. The highest BCUT2D eigenvalue weighted by Crippen LogP contribution is 2.47. The van der Waals surface area contributed by atoms with E-state index in [2.05, 4.69) is 163 Å². The van der Waals surface area contributed by atoms with Gasteiger partial charge in [0.05, 0.1) is 11.1 Å². The number of fused-ring (bicyclic) bond motifs is 9. The van der Waals surface area contributed by atoms with Gasteiger partial charge in [-0.15, -0.1) is 0 Å². The molecule has 11 aromatic rings. The molecule has 4 heteroatoms.